The number of aromatic nitrogens is 3. The molecule has 0 atom stereocenters. The number of carbonyl (C=O) groups excluding carboxylic acids is 1. The first kappa shape index (κ1) is 14.7. The maximum absolute atomic E-state index is 12.6. The molecule has 1 amide bonds. The van der Waals surface area contributed by atoms with Gasteiger partial charge in [0, 0.05) is 24.7 Å². The lowest BCUT2D eigenvalue weighted by molar-refractivity contribution is -0.131. The highest BCUT2D eigenvalue weighted by Gasteiger charge is 2.23. The van der Waals surface area contributed by atoms with Gasteiger partial charge in [-0.05, 0) is 35.2 Å². The number of ether oxygens (including phenoxy) is 1. The molecule has 1 N–H and O–H groups in total. The number of carbonyl (C=O) groups is 1. The Morgan fingerprint density at radius 1 is 1.38 bits per heavy atom. The van der Waals surface area contributed by atoms with Gasteiger partial charge in [-0.15, -0.1) is 0 Å². The highest BCUT2D eigenvalue weighted by molar-refractivity contribution is 5.82. The summed E-state index contributed by atoms with van der Waals surface area (Å²) in [5, 5.41) is 8.01. The van der Waals surface area contributed by atoms with E-state index in [0.717, 1.165) is 40.9 Å². The van der Waals surface area contributed by atoms with E-state index < -0.39 is 0 Å². The summed E-state index contributed by atoms with van der Waals surface area (Å²) < 4.78 is 5.22. The quantitative estimate of drug-likeness (QED) is 0.801. The Morgan fingerprint density at radius 3 is 3.17 bits per heavy atom. The molecule has 0 bridgehead atoms. The second-order valence-corrected chi connectivity index (χ2v) is 5.99. The maximum atomic E-state index is 12.6. The van der Waals surface area contributed by atoms with Gasteiger partial charge in [-0.25, -0.2) is 4.98 Å². The zero-order valence-electron chi connectivity index (χ0n) is 13.5. The fraction of sp³-hybridized carbons (Fsp3) is 0.278. The van der Waals surface area contributed by atoms with Crippen LogP contribution in [0.3, 0.4) is 0 Å². The smallest absolute Gasteiger partial charge is 0.227 e. The average molecular weight is 322 g/mol. The van der Waals surface area contributed by atoms with Crippen molar-refractivity contribution in [2.45, 2.75) is 19.4 Å². The van der Waals surface area contributed by atoms with E-state index in [9.17, 15) is 4.79 Å². The third-order valence-corrected chi connectivity index (χ3v) is 4.52. The molecule has 6 nitrogen and oxygen atoms in total. The van der Waals surface area contributed by atoms with E-state index in [2.05, 4.69) is 15.2 Å². The predicted molar refractivity (Wildman–Crippen MR) is 89.7 cm³/mol. The molecule has 122 valence electrons. The Bertz CT molecular complexity index is 903. The van der Waals surface area contributed by atoms with Crippen LogP contribution < -0.4 is 4.74 Å². The van der Waals surface area contributed by atoms with Gasteiger partial charge < -0.3 is 9.64 Å². The molecule has 4 rings (SSSR count). The molecule has 1 aliphatic heterocycles. The number of hydrogen-bond donors (Lipinski definition) is 1. The van der Waals surface area contributed by atoms with Crippen molar-refractivity contribution in [3.05, 3.63) is 53.3 Å². The van der Waals surface area contributed by atoms with Crippen LogP contribution >= 0.6 is 0 Å². The van der Waals surface area contributed by atoms with E-state index in [1.807, 2.05) is 41.6 Å². The monoisotopic (exact) mass is 322 g/mol. The van der Waals surface area contributed by atoms with Crippen LogP contribution in [0.5, 0.6) is 5.75 Å². The summed E-state index contributed by atoms with van der Waals surface area (Å²) in [6, 6.07) is 7.65. The molecule has 0 saturated carbocycles. The molecule has 3 aromatic rings. The molecule has 0 radical (unpaired) electrons. The lowest BCUT2D eigenvalue weighted by atomic mass is 9.98. The van der Waals surface area contributed by atoms with Crippen molar-refractivity contribution >= 4 is 16.9 Å². The van der Waals surface area contributed by atoms with Crippen molar-refractivity contribution in [1.29, 1.82) is 0 Å². The van der Waals surface area contributed by atoms with Crippen LogP contribution in [0, 0.1) is 0 Å². The highest BCUT2D eigenvalue weighted by Crippen LogP contribution is 2.25. The standard InChI is InChI=1S/C18H18N4O2/c1-24-14-4-2-3-12(7-14)8-17(23)22-6-5-15-13(11-22)9-19-18-16(15)10-20-21-18/h2-4,7,9-10H,5-6,8,11H2,1H3,(H,19,20,21). The molecule has 1 aromatic carbocycles. The van der Waals surface area contributed by atoms with E-state index >= 15 is 0 Å². The lowest BCUT2D eigenvalue weighted by Gasteiger charge is -2.29. The molecule has 1 aliphatic rings. The molecule has 24 heavy (non-hydrogen) atoms. The highest BCUT2D eigenvalue weighted by atomic mass is 16.5. The predicted octanol–water partition coefficient (Wildman–Crippen LogP) is 2.09. The fourth-order valence-electron chi connectivity index (χ4n) is 3.24. The average Bonchev–Trinajstić information content (AvgIpc) is 3.10. The number of aromatic amines is 1. The Hall–Kier alpha value is -2.89. The summed E-state index contributed by atoms with van der Waals surface area (Å²) in [4.78, 5) is 18.9. The minimum absolute atomic E-state index is 0.126. The molecule has 0 saturated heterocycles. The topological polar surface area (TPSA) is 71.1 Å². The summed E-state index contributed by atoms with van der Waals surface area (Å²) in [6.07, 6.45) is 4.88. The normalized spacial score (nSPS) is 13.8. The molecule has 6 heteroatoms. The molecule has 2 aromatic heterocycles. The van der Waals surface area contributed by atoms with E-state index in [1.54, 1.807) is 7.11 Å². The Morgan fingerprint density at radius 2 is 2.29 bits per heavy atom. The minimum Gasteiger partial charge on any atom is -0.497 e. The number of hydrogen-bond acceptors (Lipinski definition) is 4. The maximum Gasteiger partial charge on any atom is 0.227 e. The second kappa shape index (κ2) is 5.96. The van der Waals surface area contributed by atoms with Crippen molar-refractivity contribution in [2.75, 3.05) is 13.7 Å². The number of amides is 1. The summed E-state index contributed by atoms with van der Waals surface area (Å²) in [5.41, 5.74) is 4.13. The molecule has 0 spiro atoms. The van der Waals surface area contributed by atoms with Crippen LogP contribution in [-0.4, -0.2) is 39.6 Å². The number of pyridine rings is 1. The van der Waals surface area contributed by atoms with Crippen LogP contribution in [0.2, 0.25) is 0 Å². The van der Waals surface area contributed by atoms with Crippen molar-refractivity contribution in [3.63, 3.8) is 0 Å². The second-order valence-electron chi connectivity index (χ2n) is 5.99. The van der Waals surface area contributed by atoms with Gasteiger partial charge in [0.2, 0.25) is 5.91 Å². The first-order valence-electron chi connectivity index (χ1n) is 7.95. The molecule has 0 unspecified atom stereocenters. The zero-order valence-corrected chi connectivity index (χ0v) is 13.5. The van der Waals surface area contributed by atoms with Gasteiger partial charge in [0.25, 0.3) is 0 Å². The van der Waals surface area contributed by atoms with Crippen molar-refractivity contribution in [3.8, 4) is 5.75 Å². The van der Waals surface area contributed by atoms with Crippen molar-refractivity contribution < 1.29 is 9.53 Å². The van der Waals surface area contributed by atoms with Gasteiger partial charge in [-0.1, -0.05) is 12.1 Å². The number of methoxy groups -OCH3 is 1. The van der Waals surface area contributed by atoms with Gasteiger partial charge in [0.15, 0.2) is 5.65 Å². The molecular formula is C18H18N4O2. The molecule has 0 aliphatic carbocycles. The Labute approximate surface area is 139 Å². The summed E-state index contributed by atoms with van der Waals surface area (Å²) in [5.74, 6) is 0.900. The van der Waals surface area contributed by atoms with Crippen LogP contribution in [0.4, 0.5) is 0 Å². The molecule has 3 heterocycles. The summed E-state index contributed by atoms with van der Waals surface area (Å²) in [7, 11) is 1.63. The third kappa shape index (κ3) is 2.60. The van der Waals surface area contributed by atoms with E-state index in [1.165, 1.54) is 5.56 Å². The Balaban J connectivity index is 1.52. The van der Waals surface area contributed by atoms with Crippen LogP contribution in [-0.2, 0) is 24.2 Å². The number of rotatable bonds is 3. The Kier molecular flexibility index (Phi) is 3.65. The van der Waals surface area contributed by atoms with Crippen LogP contribution in [0.15, 0.2) is 36.7 Å². The number of fused-ring (bicyclic) bond motifs is 3. The van der Waals surface area contributed by atoms with Gasteiger partial charge in [-0.3, -0.25) is 9.89 Å². The number of H-pyrrole nitrogens is 1. The molecular weight excluding hydrogens is 304 g/mol. The fourth-order valence-corrected chi connectivity index (χ4v) is 3.24. The summed E-state index contributed by atoms with van der Waals surface area (Å²) in [6.45, 7) is 1.33. The first-order chi connectivity index (χ1) is 11.7. The van der Waals surface area contributed by atoms with Crippen LogP contribution in [0.1, 0.15) is 16.7 Å². The van der Waals surface area contributed by atoms with Gasteiger partial charge >= 0.3 is 0 Å². The lowest BCUT2D eigenvalue weighted by Crippen LogP contribution is -2.37. The van der Waals surface area contributed by atoms with Gasteiger partial charge in [-0.2, -0.15) is 5.10 Å². The first-order valence-corrected chi connectivity index (χ1v) is 7.95. The molecule has 0 fully saturated rings. The van der Waals surface area contributed by atoms with Crippen molar-refractivity contribution in [1.82, 2.24) is 20.1 Å². The largest absolute Gasteiger partial charge is 0.497 e. The van der Waals surface area contributed by atoms with Crippen molar-refractivity contribution in [2.24, 2.45) is 0 Å². The number of benzene rings is 1. The van der Waals surface area contributed by atoms with Gasteiger partial charge in [0.1, 0.15) is 5.75 Å². The van der Waals surface area contributed by atoms with Gasteiger partial charge in [0.05, 0.1) is 19.7 Å². The zero-order chi connectivity index (χ0) is 16.5. The minimum atomic E-state index is 0.126. The SMILES string of the molecule is COc1cccc(CC(=O)N2CCc3c(cnc4[nH]ncc34)C2)c1. The summed E-state index contributed by atoms with van der Waals surface area (Å²) >= 11 is 0. The third-order valence-electron chi connectivity index (χ3n) is 4.52. The number of nitrogens with one attached hydrogen (secondary N) is 1. The van der Waals surface area contributed by atoms with E-state index in [4.69, 9.17) is 4.74 Å². The van der Waals surface area contributed by atoms with Crippen LogP contribution in [0.25, 0.3) is 11.0 Å². The van der Waals surface area contributed by atoms with E-state index in [-0.39, 0.29) is 5.91 Å². The number of nitrogens with zero attached hydrogens (tertiary/aromatic N) is 3. The van der Waals surface area contributed by atoms with E-state index in [0.29, 0.717) is 13.0 Å².